The van der Waals surface area contributed by atoms with Crippen molar-refractivity contribution in [2.24, 2.45) is 0 Å². The molecule has 156 valence electrons. The number of nitrogens with zero attached hydrogens (tertiary/aromatic N) is 1. The first-order valence-electron chi connectivity index (χ1n) is 9.93. The van der Waals surface area contributed by atoms with Crippen LogP contribution < -0.4 is 0 Å². The molecular formula is C24H31NO4. The summed E-state index contributed by atoms with van der Waals surface area (Å²) in [5, 5.41) is 1.20. The van der Waals surface area contributed by atoms with E-state index < -0.39 is 5.79 Å². The molecule has 0 aliphatic rings. The third kappa shape index (κ3) is 7.11. The maximum absolute atomic E-state index is 12.4. The third-order valence-electron chi connectivity index (χ3n) is 4.84. The average Bonchev–Trinajstić information content (AvgIpc) is 2.71. The van der Waals surface area contributed by atoms with Gasteiger partial charge in [-0.3, -0.25) is 9.59 Å². The maximum Gasteiger partial charge on any atom is 0.245 e. The van der Waals surface area contributed by atoms with Crippen LogP contribution >= 0.6 is 0 Å². The molecule has 0 N–H and O–H groups in total. The van der Waals surface area contributed by atoms with Crippen molar-refractivity contribution in [1.82, 2.24) is 5.06 Å². The summed E-state index contributed by atoms with van der Waals surface area (Å²) < 4.78 is 5.15. The second-order valence-electron chi connectivity index (χ2n) is 7.66. The fourth-order valence-corrected chi connectivity index (χ4v) is 2.88. The minimum absolute atomic E-state index is 0.0954. The molecule has 1 amide bonds. The lowest BCUT2D eigenvalue weighted by Gasteiger charge is -2.28. The van der Waals surface area contributed by atoms with Gasteiger partial charge in [0.2, 0.25) is 5.91 Å². The van der Waals surface area contributed by atoms with Gasteiger partial charge in [-0.15, -0.1) is 0 Å². The van der Waals surface area contributed by atoms with Gasteiger partial charge in [0.15, 0.2) is 11.6 Å². The van der Waals surface area contributed by atoms with Crippen LogP contribution in [0.3, 0.4) is 0 Å². The number of methoxy groups -OCH3 is 1. The molecule has 0 bridgehead atoms. The molecule has 0 aromatic heterocycles. The molecule has 2 rings (SSSR count). The first kappa shape index (κ1) is 22.8. The normalized spacial score (nSPS) is 11.3. The summed E-state index contributed by atoms with van der Waals surface area (Å²) in [6.07, 6.45) is 2.04. The van der Waals surface area contributed by atoms with Gasteiger partial charge in [0, 0.05) is 32.6 Å². The van der Waals surface area contributed by atoms with Crippen molar-refractivity contribution in [1.29, 1.82) is 0 Å². The highest BCUT2D eigenvalue weighted by Gasteiger charge is 2.22. The van der Waals surface area contributed by atoms with Crippen LogP contribution in [0.15, 0.2) is 48.5 Å². The van der Waals surface area contributed by atoms with Gasteiger partial charge in [-0.25, -0.2) is 9.90 Å². The summed E-state index contributed by atoms with van der Waals surface area (Å²) in [4.78, 5) is 30.0. The number of Topliss-reactive ketones (excluding diaryl/α,β-unsaturated/α-hetero) is 1. The number of unbranched alkanes of at least 4 members (excludes halogenated alkanes) is 1. The molecule has 0 aliphatic carbocycles. The average molecular weight is 398 g/mol. The van der Waals surface area contributed by atoms with Gasteiger partial charge in [0.25, 0.3) is 0 Å². The molecule has 0 saturated heterocycles. The zero-order valence-electron chi connectivity index (χ0n) is 18.0. The molecular weight excluding hydrogens is 366 g/mol. The summed E-state index contributed by atoms with van der Waals surface area (Å²) in [5.41, 5.74) is 4.15. The molecule has 0 heterocycles. The van der Waals surface area contributed by atoms with Crippen LogP contribution in [0.5, 0.6) is 0 Å². The topological polar surface area (TPSA) is 55.8 Å². The number of rotatable bonds is 10. The van der Waals surface area contributed by atoms with Crippen molar-refractivity contribution in [3.8, 4) is 11.1 Å². The summed E-state index contributed by atoms with van der Waals surface area (Å²) >= 11 is 0. The molecule has 29 heavy (non-hydrogen) atoms. The molecule has 0 saturated carbocycles. The molecule has 0 unspecified atom stereocenters. The van der Waals surface area contributed by atoms with E-state index >= 15 is 0 Å². The number of ether oxygens (including phenoxy) is 1. The van der Waals surface area contributed by atoms with Crippen molar-refractivity contribution < 1.29 is 19.2 Å². The van der Waals surface area contributed by atoms with Crippen LogP contribution in [0.25, 0.3) is 11.1 Å². The van der Waals surface area contributed by atoms with Gasteiger partial charge >= 0.3 is 0 Å². The predicted octanol–water partition coefficient (Wildman–Crippen LogP) is 5.18. The van der Waals surface area contributed by atoms with Gasteiger partial charge in [0.05, 0.1) is 0 Å². The quantitative estimate of drug-likeness (QED) is 0.240. The number of amides is 1. The number of aryl methyl sites for hydroxylation is 1. The number of carbonyl (C=O) groups is 2. The largest absolute Gasteiger partial charge is 0.352 e. The van der Waals surface area contributed by atoms with Gasteiger partial charge in [-0.2, -0.15) is 0 Å². The second kappa shape index (κ2) is 10.3. The van der Waals surface area contributed by atoms with Crippen molar-refractivity contribution in [3.05, 3.63) is 59.7 Å². The highest BCUT2D eigenvalue weighted by molar-refractivity contribution is 5.96. The van der Waals surface area contributed by atoms with Crippen LogP contribution in [0, 0.1) is 6.92 Å². The lowest BCUT2D eigenvalue weighted by Crippen LogP contribution is -2.38. The van der Waals surface area contributed by atoms with Gasteiger partial charge in [0.1, 0.15) is 0 Å². The maximum atomic E-state index is 12.4. The first-order valence-corrected chi connectivity index (χ1v) is 9.93. The Morgan fingerprint density at radius 3 is 1.97 bits per heavy atom. The first-order chi connectivity index (χ1) is 13.7. The van der Waals surface area contributed by atoms with E-state index in [-0.39, 0.29) is 11.7 Å². The fraction of sp³-hybridized carbons (Fsp3) is 0.417. The minimum atomic E-state index is -0.856. The van der Waals surface area contributed by atoms with Crippen LogP contribution in [0.1, 0.15) is 55.5 Å². The fourth-order valence-electron chi connectivity index (χ4n) is 2.88. The number of hydrogen-bond donors (Lipinski definition) is 0. The van der Waals surface area contributed by atoms with Crippen LogP contribution in [0.4, 0.5) is 0 Å². The Bertz CT molecular complexity index is 810. The number of benzene rings is 2. The minimum Gasteiger partial charge on any atom is -0.352 e. The zero-order valence-corrected chi connectivity index (χ0v) is 18.0. The van der Waals surface area contributed by atoms with Crippen LogP contribution in [-0.4, -0.2) is 36.7 Å². The van der Waals surface area contributed by atoms with Crippen LogP contribution in [-0.2, 0) is 14.4 Å². The van der Waals surface area contributed by atoms with Gasteiger partial charge in [-0.05, 0) is 44.7 Å². The predicted molar refractivity (Wildman–Crippen MR) is 114 cm³/mol. The number of hydroxylamine groups is 2. The third-order valence-corrected chi connectivity index (χ3v) is 4.84. The monoisotopic (exact) mass is 397 g/mol. The molecule has 0 aliphatic heterocycles. The number of hydrogen-bond acceptors (Lipinski definition) is 4. The number of ketones is 1. The lowest BCUT2D eigenvalue weighted by atomic mass is 9.99. The Morgan fingerprint density at radius 1 is 0.897 bits per heavy atom. The molecule has 0 radical (unpaired) electrons. The Balaban J connectivity index is 1.78. The Kier molecular flexibility index (Phi) is 8.11. The molecule has 2 aromatic rings. The summed E-state index contributed by atoms with van der Waals surface area (Å²) in [7, 11) is 3.10. The zero-order chi connectivity index (χ0) is 21.4. The smallest absolute Gasteiger partial charge is 0.245 e. The summed E-state index contributed by atoms with van der Waals surface area (Å²) in [6, 6.07) is 16.0. The molecule has 0 fully saturated rings. The van der Waals surface area contributed by atoms with E-state index in [1.807, 2.05) is 24.3 Å². The Hall–Kier alpha value is -2.50. The van der Waals surface area contributed by atoms with Crippen molar-refractivity contribution in [3.63, 3.8) is 0 Å². The summed E-state index contributed by atoms with van der Waals surface area (Å²) in [6.45, 7) is 5.53. The van der Waals surface area contributed by atoms with E-state index in [0.29, 0.717) is 31.2 Å². The molecule has 5 nitrogen and oxygen atoms in total. The molecule has 2 aromatic carbocycles. The van der Waals surface area contributed by atoms with Gasteiger partial charge < -0.3 is 4.74 Å². The summed E-state index contributed by atoms with van der Waals surface area (Å²) in [5.74, 6) is -0.895. The van der Waals surface area contributed by atoms with E-state index in [4.69, 9.17) is 9.57 Å². The molecule has 0 spiro atoms. The standard InChI is InChI=1S/C24H31NO4/c1-18-10-12-19(13-11-18)20-14-16-21(17-15-20)22(26)8-6-7-9-23(27)25(4)29-24(2,3)28-5/h10-17H,6-9H2,1-5H3. The molecule has 0 atom stereocenters. The molecule has 5 heteroatoms. The Morgan fingerprint density at radius 2 is 1.41 bits per heavy atom. The van der Waals surface area contributed by atoms with E-state index in [9.17, 15) is 9.59 Å². The lowest BCUT2D eigenvalue weighted by molar-refractivity contribution is -0.302. The van der Waals surface area contributed by atoms with E-state index in [2.05, 4.69) is 31.2 Å². The van der Waals surface area contributed by atoms with Crippen molar-refractivity contribution in [2.75, 3.05) is 14.2 Å². The highest BCUT2D eigenvalue weighted by atomic mass is 16.8. The second-order valence-corrected chi connectivity index (χ2v) is 7.66. The van der Waals surface area contributed by atoms with Crippen LogP contribution in [0.2, 0.25) is 0 Å². The Labute approximate surface area is 173 Å². The number of carbonyl (C=O) groups excluding carboxylic acids is 2. The van der Waals surface area contributed by atoms with Crippen molar-refractivity contribution in [2.45, 2.75) is 52.2 Å². The van der Waals surface area contributed by atoms with E-state index in [0.717, 1.165) is 11.1 Å². The van der Waals surface area contributed by atoms with E-state index in [1.165, 1.54) is 17.7 Å². The highest BCUT2D eigenvalue weighted by Crippen LogP contribution is 2.21. The van der Waals surface area contributed by atoms with Crippen molar-refractivity contribution >= 4 is 11.7 Å². The van der Waals surface area contributed by atoms with E-state index in [1.54, 1.807) is 20.9 Å². The SMILES string of the molecule is COC(C)(C)ON(C)C(=O)CCCCC(=O)c1ccc(-c2ccc(C)cc2)cc1. The van der Waals surface area contributed by atoms with Gasteiger partial charge in [-0.1, -0.05) is 54.1 Å².